The summed E-state index contributed by atoms with van der Waals surface area (Å²) in [6, 6.07) is 19.1. The second-order valence-corrected chi connectivity index (χ2v) is 13.5. The number of rotatable bonds is 7. The molecule has 6 atom stereocenters. The van der Waals surface area contributed by atoms with E-state index in [2.05, 4.69) is 28.1 Å². The van der Waals surface area contributed by atoms with E-state index in [4.69, 9.17) is 14.5 Å². The summed E-state index contributed by atoms with van der Waals surface area (Å²) < 4.78 is 11.4. The summed E-state index contributed by atoms with van der Waals surface area (Å²) in [4.78, 5) is 59.7. The standard InChI is InChI=1S/C37H29BrN2O6/c1-18-13-21(38)14-28-29(37(44)46-17-31(41)20-5-9-23(45-2)10-6-20)16-30(39-34(18)28)19-3-7-22(8-4-19)40-35(42)32-24-11-12-25(27-15-26(24)27)33(32)36(40)43/h3-14,16,24-27,32-33H,15,17H2,1-2H3. The number of amides is 2. The number of aromatic nitrogens is 1. The van der Waals surface area contributed by atoms with Gasteiger partial charge in [-0.25, -0.2) is 9.78 Å². The van der Waals surface area contributed by atoms with Crippen LogP contribution < -0.4 is 9.64 Å². The highest BCUT2D eigenvalue weighted by Crippen LogP contribution is 2.65. The molecular formula is C37H29BrN2O6. The lowest BCUT2D eigenvalue weighted by atomic mass is 9.63. The predicted molar refractivity (Wildman–Crippen MR) is 174 cm³/mol. The molecule has 2 saturated carbocycles. The van der Waals surface area contributed by atoms with Gasteiger partial charge in [0.2, 0.25) is 11.8 Å². The topological polar surface area (TPSA) is 103 Å². The van der Waals surface area contributed by atoms with Gasteiger partial charge in [-0.15, -0.1) is 0 Å². The summed E-state index contributed by atoms with van der Waals surface area (Å²) in [6.45, 7) is 1.48. The highest BCUT2D eigenvalue weighted by Gasteiger charge is 2.67. The van der Waals surface area contributed by atoms with Gasteiger partial charge in [0.05, 0.1) is 41.4 Å². The zero-order chi connectivity index (χ0) is 31.9. The van der Waals surface area contributed by atoms with Crippen molar-refractivity contribution in [2.45, 2.75) is 13.3 Å². The van der Waals surface area contributed by atoms with Crippen molar-refractivity contribution >= 4 is 56.1 Å². The number of ketones is 1. The molecule has 46 heavy (non-hydrogen) atoms. The molecule has 8 nitrogen and oxygen atoms in total. The van der Waals surface area contributed by atoms with Crippen molar-refractivity contribution in [1.29, 1.82) is 0 Å². The summed E-state index contributed by atoms with van der Waals surface area (Å²) in [7, 11) is 1.55. The van der Waals surface area contributed by atoms with Gasteiger partial charge in [0.1, 0.15) is 5.75 Å². The lowest BCUT2D eigenvalue weighted by Crippen LogP contribution is -2.40. The van der Waals surface area contributed by atoms with Crippen LogP contribution in [0.2, 0.25) is 0 Å². The van der Waals surface area contributed by atoms with E-state index in [1.54, 1.807) is 55.6 Å². The van der Waals surface area contributed by atoms with E-state index in [1.165, 1.54) is 4.90 Å². The molecule has 0 radical (unpaired) electrons. The maximum atomic E-state index is 13.6. The maximum absolute atomic E-state index is 13.6. The number of carbonyl (C=O) groups excluding carboxylic acids is 4. The van der Waals surface area contributed by atoms with Gasteiger partial charge in [-0.1, -0.05) is 40.2 Å². The number of aryl methyl sites for hydroxylation is 1. The van der Waals surface area contributed by atoms with Gasteiger partial charge in [-0.3, -0.25) is 19.3 Å². The first kappa shape index (κ1) is 28.8. The van der Waals surface area contributed by atoms with Gasteiger partial charge < -0.3 is 9.47 Å². The molecular weight excluding hydrogens is 648 g/mol. The number of esters is 1. The number of pyridine rings is 1. The van der Waals surface area contributed by atoms with Gasteiger partial charge >= 0.3 is 5.97 Å². The number of hydrogen-bond acceptors (Lipinski definition) is 7. The number of Topliss-reactive ketones (excluding diaryl/α,β-unsaturated/α-hetero) is 1. The number of anilines is 1. The van der Waals surface area contributed by atoms with Crippen molar-refractivity contribution in [1.82, 2.24) is 4.98 Å². The molecule has 2 bridgehead atoms. The minimum atomic E-state index is -0.651. The molecule has 4 aromatic rings. The van der Waals surface area contributed by atoms with Crippen LogP contribution in [0, 0.1) is 42.4 Å². The molecule has 9 rings (SSSR count). The molecule has 4 aliphatic carbocycles. The Hall–Kier alpha value is -4.63. The highest BCUT2D eigenvalue weighted by atomic mass is 79.9. The molecule has 0 N–H and O–H groups in total. The predicted octanol–water partition coefficient (Wildman–Crippen LogP) is 6.58. The molecule has 9 heteroatoms. The number of nitrogens with zero attached hydrogens (tertiary/aromatic N) is 2. The largest absolute Gasteiger partial charge is 0.497 e. The van der Waals surface area contributed by atoms with Crippen molar-refractivity contribution < 1.29 is 28.7 Å². The molecule has 1 saturated heterocycles. The number of ether oxygens (including phenoxy) is 2. The normalized spacial score (nSPS) is 25.4. The minimum absolute atomic E-state index is 0.105. The Morgan fingerprint density at radius 3 is 2.20 bits per heavy atom. The van der Waals surface area contributed by atoms with E-state index in [1.807, 2.05) is 25.1 Å². The minimum Gasteiger partial charge on any atom is -0.497 e. The Kier molecular flexibility index (Phi) is 6.72. The van der Waals surface area contributed by atoms with Crippen LogP contribution in [0.3, 0.4) is 0 Å². The Labute approximate surface area is 273 Å². The second-order valence-electron chi connectivity index (χ2n) is 12.6. The third kappa shape index (κ3) is 4.51. The number of halogens is 1. The first-order valence-corrected chi connectivity index (χ1v) is 16.1. The second kappa shape index (κ2) is 10.7. The van der Waals surface area contributed by atoms with Crippen LogP contribution in [0.15, 0.2) is 83.4 Å². The maximum Gasteiger partial charge on any atom is 0.339 e. The van der Waals surface area contributed by atoms with Gasteiger partial charge in [-0.05, 0) is 97.2 Å². The van der Waals surface area contributed by atoms with Crippen molar-refractivity contribution in [2.75, 3.05) is 18.6 Å². The quantitative estimate of drug-likeness (QED) is 0.0943. The Balaban J connectivity index is 1.08. The van der Waals surface area contributed by atoms with Crippen LogP contribution in [0.4, 0.5) is 5.69 Å². The number of methoxy groups -OCH3 is 1. The van der Waals surface area contributed by atoms with Gasteiger partial charge in [0, 0.05) is 21.0 Å². The first-order valence-electron chi connectivity index (χ1n) is 15.4. The SMILES string of the molecule is COc1ccc(C(=O)COC(=O)c2cc(-c3ccc(N4C(=O)C5C6C=CC(C7CC67)C5C4=O)cc3)nc3c(C)cc(Br)cc23)cc1. The average Bonchev–Trinajstić information content (AvgIpc) is 3.85. The van der Waals surface area contributed by atoms with Gasteiger partial charge in [0.25, 0.3) is 0 Å². The summed E-state index contributed by atoms with van der Waals surface area (Å²) in [6.07, 6.45) is 5.46. The number of fused-ring (bicyclic) bond motifs is 1. The lowest BCUT2D eigenvalue weighted by Gasteiger charge is -2.37. The Morgan fingerprint density at radius 2 is 1.57 bits per heavy atom. The van der Waals surface area contributed by atoms with Crippen LogP contribution >= 0.6 is 15.9 Å². The summed E-state index contributed by atoms with van der Waals surface area (Å²) in [5.74, 6) is 0.302. The number of carbonyl (C=O) groups is 4. The molecule has 5 aliphatic rings. The third-order valence-electron chi connectivity index (χ3n) is 10.1. The summed E-state index contributed by atoms with van der Waals surface area (Å²) in [5, 5.41) is 0.589. The van der Waals surface area contributed by atoms with E-state index >= 15 is 0 Å². The van der Waals surface area contributed by atoms with Crippen molar-refractivity contribution in [3.05, 3.63) is 100 Å². The fourth-order valence-electron chi connectivity index (χ4n) is 7.83. The van der Waals surface area contributed by atoms with Crippen LogP contribution in [0.25, 0.3) is 22.2 Å². The molecule has 6 unspecified atom stereocenters. The monoisotopic (exact) mass is 676 g/mol. The van der Waals surface area contributed by atoms with Crippen LogP contribution in [0.5, 0.6) is 5.75 Å². The first-order chi connectivity index (χ1) is 22.2. The number of benzene rings is 3. The summed E-state index contributed by atoms with van der Waals surface area (Å²) in [5.41, 5.74) is 3.91. The van der Waals surface area contributed by atoms with E-state index in [0.29, 0.717) is 51.0 Å². The van der Waals surface area contributed by atoms with E-state index in [-0.39, 0.29) is 46.8 Å². The fourth-order valence-corrected chi connectivity index (χ4v) is 8.41. The molecule has 230 valence electrons. The van der Waals surface area contributed by atoms with Gasteiger partial charge in [0.15, 0.2) is 12.4 Å². The van der Waals surface area contributed by atoms with Crippen LogP contribution in [-0.4, -0.2) is 42.3 Å². The van der Waals surface area contributed by atoms with Crippen LogP contribution in [0.1, 0.15) is 32.7 Å². The van der Waals surface area contributed by atoms with Crippen LogP contribution in [-0.2, 0) is 14.3 Å². The fraction of sp³-hybridized carbons (Fsp3) is 0.270. The molecule has 2 heterocycles. The lowest BCUT2D eigenvalue weighted by molar-refractivity contribution is -0.124. The zero-order valence-electron chi connectivity index (χ0n) is 25.1. The third-order valence-corrected chi connectivity index (χ3v) is 10.6. The molecule has 0 spiro atoms. The number of imide groups is 1. The number of allylic oxidation sites excluding steroid dienone is 2. The van der Waals surface area contributed by atoms with E-state index in [0.717, 1.165) is 16.5 Å². The summed E-state index contributed by atoms with van der Waals surface area (Å²) >= 11 is 3.52. The Bertz CT molecular complexity index is 1970. The smallest absolute Gasteiger partial charge is 0.339 e. The average molecular weight is 678 g/mol. The van der Waals surface area contributed by atoms with Gasteiger partial charge in [-0.2, -0.15) is 0 Å². The molecule has 1 aliphatic heterocycles. The highest BCUT2D eigenvalue weighted by molar-refractivity contribution is 9.10. The van der Waals surface area contributed by atoms with Crippen molar-refractivity contribution in [3.63, 3.8) is 0 Å². The van der Waals surface area contributed by atoms with E-state index in [9.17, 15) is 19.2 Å². The molecule has 3 aromatic carbocycles. The van der Waals surface area contributed by atoms with Crippen molar-refractivity contribution in [3.8, 4) is 17.0 Å². The van der Waals surface area contributed by atoms with Crippen molar-refractivity contribution in [2.24, 2.45) is 35.5 Å². The van der Waals surface area contributed by atoms with E-state index < -0.39 is 12.6 Å². The zero-order valence-corrected chi connectivity index (χ0v) is 26.7. The molecule has 3 fully saturated rings. The Morgan fingerprint density at radius 1 is 0.913 bits per heavy atom. The molecule has 2 amide bonds. The molecule has 1 aromatic heterocycles. The number of hydrogen-bond donors (Lipinski definition) is 0.